The Labute approximate surface area is 81.6 Å². The third-order valence-electron chi connectivity index (χ3n) is 2.36. The molecule has 0 radical (unpaired) electrons. The van der Waals surface area contributed by atoms with Crippen LogP contribution in [0.1, 0.15) is 45.4 Å². The van der Waals surface area contributed by atoms with Crippen LogP contribution in [0.15, 0.2) is 0 Å². The SMILES string of the molecule is CCCCCCOCCCC1CO1. The summed E-state index contributed by atoms with van der Waals surface area (Å²) in [6.07, 6.45) is 8.13. The van der Waals surface area contributed by atoms with Gasteiger partial charge in [-0.05, 0) is 19.3 Å². The van der Waals surface area contributed by atoms with Crippen LogP contribution in [0.25, 0.3) is 0 Å². The van der Waals surface area contributed by atoms with Crippen LogP contribution < -0.4 is 0 Å². The van der Waals surface area contributed by atoms with Crippen LogP contribution in [-0.4, -0.2) is 25.9 Å². The van der Waals surface area contributed by atoms with Crippen LogP contribution in [-0.2, 0) is 9.47 Å². The number of unbranched alkanes of at least 4 members (excludes halogenated alkanes) is 3. The summed E-state index contributed by atoms with van der Waals surface area (Å²) < 4.78 is 10.6. The summed E-state index contributed by atoms with van der Waals surface area (Å²) in [5.41, 5.74) is 0. The topological polar surface area (TPSA) is 21.8 Å². The first-order chi connectivity index (χ1) is 6.43. The maximum atomic E-state index is 5.50. The Balaban J connectivity index is 1.63. The van der Waals surface area contributed by atoms with Crippen LogP contribution in [0.4, 0.5) is 0 Å². The van der Waals surface area contributed by atoms with Gasteiger partial charge in [0.15, 0.2) is 0 Å². The lowest BCUT2D eigenvalue weighted by molar-refractivity contribution is 0.124. The third-order valence-corrected chi connectivity index (χ3v) is 2.36. The van der Waals surface area contributed by atoms with Crippen molar-refractivity contribution in [1.82, 2.24) is 0 Å². The third kappa shape index (κ3) is 7.03. The zero-order valence-corrected chi connectivity index (χ0v) is 8.76. The lowest BCUT2D eigenvalue weighted by Gasteiger charge is -2.02. The molecule has 0 aromatic heterocycles. The van der Waals surface area contributed by atoms with E-state index in [0.717, 1.165) is 19.8 Å². The fourth-order valence-electron chi connectivity index (χ4n) is 1.38. The van der Waals surface area contributed by atoms with Gasteiger partial charge in [-0.3, -0.25) is 0 Å². The van der Waals surface area contributed by atoms with E-state index in [1.807, 2.05) is 0 Å². The van der Waals surface area contributed by atoms with Crippen molar-refractivity contribution in [3.63, 3.8) is 0 Å². The molecule has 0 spiro atoms. The quantitative estimate of drug-likeness (QED) is 0.408. The highest BCUT2D eigenvalue weighted by Gasteiger charge is 2.20. The molecule has 1 aliphatic heterocycles. The summed E-state index contributed by atoms with van der Waals surface area (Å²) in [7, 11) is 0. The van der Waals surface area contributed by atoms with Gasteiger partial charge in [0, 0.05) is 13.2 Å². The van der Waals surface area contributed by atoms with Crippen LogP contribution >= 0.6 is 0 Å². The molecule has 0 saturated carbocycles. The number of rotatable bonds is 9. The summed E-state index contributed by atoms with van der Waals surface area (Å²) in [5, 5.41) is 0. The molecule has 1 atom stereocenters. The predicted molar refractivity (Wildman–Crippen MR) is 53.9 cm³/mol. The molecular formula is C11H22O2. The van der Waals surface area contributed by atoms with Crippen LogP contribution in [0, 0.1) is 0 Å². The predicted octanol–water partition coefficient (Wildman–Crippen LogP) is 2.76. The lowest BCUT2D eigenvalue weighted by Crippen LogP contribution is -1.98. The monoisotopic (exact) mass is 186 g/mol. The van der Waals surface area contributed by atoms with Gasteiger partial charge in [0.1, 0.15) is 0 Å². The molecule has 2 nitrogen and oxygen atoms in total. The highest BCUT2D eigenvalue weighted by atomic mass is 16.6. The first-order valence-corrected chi connectivity index (χ1v) is 5.63. The van der Waals surface area contributed by atoms with Gasteiger partial charge in [0.05, 0.1) is 12.7 Å². The average molecular weight is 186 g/mol. The van der Waals surface area contributed by atoms with Crippen molar-refractivity contribution < 1.29 is 9.47 Å². The molecule has 0 aromatic carbocycles. The molecule has 1 saturated heterocycles. The minimum absolute atomic E-state index is 0.573. The second-order valence-electron chi connectivity index (χ2n) is 3.77. The second kappa shape index (κ2) is 7.34. The smallest absolute Gasteiger partial charge is 0.0810 e. The number of epoxide rings is 1. The van der Waals surface area contributed by atoms with Crippen molar-refractivity contribution >= 4 is 0 Å². The van der Waals surface area contributed by atoms with E-state index in [2.05, 4.69) is 6.92 Å². The van der Waals surface area contributed by atoms with E-state index in [4.69, 9.17) is 9.47 Å². The molecule has 2 heteroatoms. The van der Waals surface area contributed by atoms with E-state index in [1.54, 1.807) is 0 Å². The Bertz CT molecular complexity index is 111. The molecular weight excluding hydrogens is 164 g/mol. The van der Waals surface area contributed by atoms with Crippen molar-refractivity contribution in [2.24, 2.45) is 0 Å². The number of hydrogen-bond donors (Lipinski definition) is 0. The molecule has 0 N–H and O–H groups in total. The highest BCUT2D eigenvalue weighted by molar-refractivity contribution is 4.67. The van der Waals surface area contributed by atoms with Crippen molar-refractivity contribution in [3.05, 3.63) is 0 Å². The molecule has 1 fully saturated rings. The number of ether oxygens (including phenoxy) is 2. The van der Waals surface area contributed by atoms with E-state index >= 15 is 0 Å². The number of hydrogen-bond acceptors (Lipinski definition) is 2. The molecule has 13 heavy (non-hydrogen) atoms. The van der Waals surface area contributed by atoms with Gasteiger partial charge in [-0.2, -0.15) is 0 Å². The summed E-state index contributed by atoms with van der Waals surface area (Å²) >= 11 is 0. The summed E-state index contributed by atoms with van der Waals surface area (Å²) in [6, 6.07) is 0. The highest BCUT2D eigenvalue weighted by Crippen LogP contribution is 2.15. The van der Waals surface area contributed by atoms with Gasteiger partial charge in [-0.15, -0.1) is 0 Å². The van der Waals surface area contributed by atoms with E-state index < -0.39 is 0 Å². The second-order valence-corrected chi connectivity index (χ2v) is 3.77. The van der Waals surface area contributed by atoms with Gasteiger partial charge in [-0.1, -0.05) is 26.2 Å². The Morgan fingerprint density at radius 1 is 1.15 bits per heavy atom. The normalized spacial score (nSPS) is 20.5. The Morgan fingerprint density at radius 3 is 2.62 bits per heavy atom. The van der Waals surface area contributed by atoms with Gasteiger partial charge in [0.2, 0.25) is 0 Å². The van der Waals surface area contributed by atoms with E-state index in [1.165, 1.54) is 38.5 Å². The van der Waals surface area contributed by atoms with E-state index in [9.17, 15) is 0 Å². The minimum atomic E-state index is 0.573. The van der Waals surface area contributed by atoms with Crippen LogP contribution in [0.2, 0.25) is 0 Å². The van der Waals surface area contributed by atoms with E-state index in [0.29, 0.717) is 6.10 Å². The fraction of sp³-hybridized carbons (Fsp3) is 1.00. The lowest BCUT2D eigenvalue weighted by atomic mass is 10.2. The first kappa shape index (κ1) is 11.0. The molecule has 1 rings (SSSR count). The van der Waals surface area contributed by atoms with Crippen molar-refractivity contribution in [1.29, 1.82) is 0 Å². The zero-order chi connectivity index (χ0) is 9.36. The van der Waals surface area contributed by atoms with Gasteiger partial charge < -0.3 is 9.47 Å². The van der Waals surface area contributed by atoms with E-state index in [-0.39, 0.29) is 0 Å². The van der Waals surface area contributed by atoms with Gasteiger partial charge >= 0.3 is 0 Å². The van der Waals surface area contributed by atoms with Crippen molar-refractivity contribution in [3.8, 4) is 0 Å². The Hall–Kier alpha value is -0.0800. The molecule has 0 aliphatic carbocycles. The molecule has 78 valence electrons. The largest absolute Gasteiger partial charge is 0.381 e. The standard InChI is InChI=1S/C11H22O2/c1-2-3-4-5-8-12-9-6-7-11-10-13-11/h11H,2-10H2,1H3. The molecule has 0 aromatic rings. The van der Waals surface area contributed by atoms with Crippen molar-refractivity contribution in [2.75, 3.05) is 19.8 Å². The fourth-order valence-corrected chi connectivity index (χ4v) is 1.38. The summed E-state index contributed by atoms with van der Waals surface area (Å²) in [6.45, 7) is 5.09. The molecule has 1 unspecified atom stereocenters. The molecule has 0 amide bonds. The molecule has 1 heterocycles. The maximum Gasteiger partial charge on any atom is 0.0810 e. The minimum Gasteiger partial charge on any atom is -0.381 e. The average Bonchev–Trinajstić information content (AvgIpc) is 2.93. The Kier molecular flexibility index (Phi) is 6.21. The van der Waals surface area contributed by atoms with Crippen LogP contribution in [0.5, 0.6) is 0 Å². The van der Waals surface area contributed by atoms with Crippen LogP contribution in [0.3, 0.4) is 0 Å². The summed E-state index contributed by atoms with van der Waals surface area (Å²) in [5.74, 6) is 0. The van der Waals surface area contributed by atoms with Gasteiger partial charge in [-0.25, -0.2) is 0 Å². The Morgan fingerprint density at radius 2 is 1.92 bits per heavy atom. The maximum absolute atomic E-state index is 5.50. The van der Waals surface area contributed by atoms with Crippen molar-refractivity contribution in [2.45, 2.75) is 51.6 Å². The molecule has 1 aliphatic rings. The van der Waals surface area contributed by atoms with Gasteiger partial charge in [0.25, 0.3) is 0 Å². The molecule has 0 bridgehead atoms. The first-order valence-electron chi connectivity index (χ1n) is 5.63. The zero-order valence-electron chi connectivity index (χ0n) is 8.76. The summed E-state index contributed by atoms with van der Waals surface area (Å²) in [4.78, 5) is 0.